The summed E-state index contributed by atoms with van der Waals surface area (Å²) >= 11 is 0. The Bertz CT molecular complexity index is 1240. The Morgan fingerprint density at radius 1 is 0.862 bits per heavy atom. The summed E-state index contributed by atoms with van der Waals surface area (Å²) in [5.74, 6) is 0. The van der Waals surface area contributed by atoms with Gasteiger partial charge in [-0.3, -0.25) is 0 Å². The van der Waals surface area contributed by atoms with E-state index < -0.39 is 20.0 Å². The number of nitrogens with two attached hydrogens (primary N) is 1. The fraction of sp³-hybridized carbons (Fsp3) is 0.200. The van der Waals surface area contributed by atoms with E-state index in [-0.39, 0.29) is 16.3 Å². The van der Waals surface area contributed by atoms with Gasteiger partial charge in [0.15, 0.2) is 0 Å². The minimum absolute atomic E-state index is 0.0225. The van der Waals surface area contributed by atoms with Crippen molar-refractivity contribution in [2.24, 2.45) is 5.14 Å². The molecule has 0 fully saturated rings. The average molecular weight is 434 g/mol. The SMILES string of the molecule is CN(C)c1cccc2c(S(=O)(=O)NCCc3ccc(S(N)(=O)=O)cc3)cccc12. The molecule has 29 heavy (non-hydrogen) atoms. The second-order valence-electron chi connectivity index (χ2n) is 6.86. The number of benzene rings is 3. The first kappa shape index (κ1) is 21.3. The summed E-state index contributed by atoms with van der Waals surface area (Å²) in [5, 5.41) is 6.60. The van der Waals surface area contributed by atoms with Crippen molar-refractivity contribution in [2.45, 2.75) is 16.2 Å². The second kappa shape index (κ2) is 8.11. The quantitative estimate of drug-likeness (QED) is 0.593. The first-order valence-electron chi connectivity index (χ1n) is 8.90. The van der Waals surface area contributed by atoms with Crippen molar-refractivity contribution in [3.05, 3.63) is 66.2 Å². The molecule has 0 saturated carbocycles. The molecule has 0 aliphatic carbocycles. The van der Waals surface area contributed by atoms with E-state index in [1.165, 1.54) is 12.1 Å². The Labute approximate surface area is 171 Å². The molecule has 0 saturated heterocycles. The zero-order valence-electron chi connectivity index (χ0n) is 16.2. The van der Waals surface area contributed by atoms with E-state index in [0.29, 0.717) is 11.8 Å². The molecule has 0 aliphatic heterocycles. The fourth-order valence-corrected chi connectivity index (χ4v) is 4.91. The number of sulfonamides is 2. The number of hydrogen-bond donors (Lipinski definition) is 2. The van der Waals surface area contributed by atoms with E-state index in [1.54, 1.807) is 30.3 Å². The number of primary sulfonamides is 1. The van der Waals surface area contributed by atoms with Crippen molar-refractivity contribution >= 4 is 36.5 Å². The zero-order chi connectivity index (χ0) is 21.2. The number of fused-ring (bicyclic) bond motifs is 1. The molecule has 154 valence electrons. The van der Waals surface area contributed by atoms with E-state index in [1.807, 2.05) is 37.2 Å². The van der Waals surface area contributed by atoms with Crippen LogP contribution in [0.15, 0.2) is 70.5 Å². The minimum atomic E-state index is -3.74. The zero-order valence-corrected chi connectivity index (χ0v) is 17.8. The van der Waals surface area contributed by atoms with Gasteiger partial charge in [-0.05, 0) is 36.2 Å². The third-order valence-electron chi connectivity index (χ3n) is 4.59. The molecule has 0 amide bonds. The maximum absolute atomic E-state index is 12.9. The van der Waals surface area contributed by atoms with Gasteiger partial charge in [0.05, 0.1) is 9.79 Å². The third-order valence-corrected chi connectivity index (χ3v) is 7.04. The summed E-state index contributed by atoms with van der Waals surface area (Å²) in [6.45, 7) is 0.181. The monoisotopic (exact) mass is 433 g/mol. The maximum atomic E-state index is 12.9. The molecule has 3 aromatic rings. The van der Waals surface area contributed by atoms with E-state index >= 15 is 0 Å². The highest BCUT2D eigenvalue weighted by Crippen LogP contribution is 2.30. The third kappa shape index (κ3) is 4.76. The van der Waals surface area contributed by atoms with Crippen molar-refractivity contribution in [3.63, 3.8) is 0 Å². The molecule has 3 rings (SSSR count). The smallest absolute Gasteiger partial charge is 0.241 e. The van der Waals surface area contributed by atoms with Gasteiger partial charge in [0.1, 0.15) is 0 Å². The Hall–Kier alpha value is -2.46. The molecule has 9 heteroatoms. The average Bonchev–Trinajstić information content (AvgIpc) is 2.66. The molecular formula is C20H23N3O4S2. The molecule has 0 aromatic heterocycles. The number of anilines is 1. The highest BCUT2D eigenvalue weighted by molar-refractivity contribution is 7.89. The predicted octanol–water partition coefficient (Wildman–Crippen LogP) is 2.07. The van der Waals surface area contributed by atoms with Gasteiger partial charge in [-0.15, -0.1) is 0 Å². The molecule has 0 aliphatic rings. The van der Waals surface area contributed by atoms with Crippen molar-refractivity contribution in [2.75, 3.05) is 25.5 Å². The Kier molecular flexibility index (Phi) is 5.95. The Morgan fingerprint density at radius 2 is 1.48 bits per heavy atom. The maximum Gasteiger partial charge on any atom is 0.241 e. The molecule has 0 radical (unpaired) electrons. The van der Waals surface area contributed by atoms with E-state index in [9.17, 15) is 16.8 Å². The molecule has 7 nitrogen and oxygen atoms in total. The van der Waals surface area contributed by atoms with Gasteiger partial charge in [-0.25, -0.2) is 26.7 Å². The van der Waals surface area contributed by atoms with Gasteiger partial charge in [0, 0.05) is 37.1 Å². The fourth-order valence-electron chi connectivity index (χ4n) is 3.14. The van der Waals surface area contributed by atoms with Crippen LogP contribution in [0.1, 0.15) is 5.56 Å². The van der Waals surface area contributed by atoms with Crippen LogP contribution in [0.3, 0.4) is 0 Å². The topological polar surface area (TPSA) is 110 Å². The van der Waals surface area contributed by atoms with Crippen LogP contribution in [-0.4, -0.2) is 37.5 Å². The first-order chi connectivity index (χ1) is 13.6. The van der Waals surface area contributed by atoms with Crippen LogP contribution < -0.4 is 14.8 Å². The molecule has 0 spiro atoms. The van der Waals surface area contributed by atoms with Gasteiger partial charge in [-0.2, -0.15) is 0 Å². The van der Waals surface area contributed by atoms with Crippen LogP contribution in [-0.2, 0) is 26.5 Å². The molecule has 0 unspecified atom stereocenters. The van der Waals surface area contributed by atoms with Crippen molar-refractivity contribution in [1.82, 2.24) is 4.72 Å². The second-order valence-corrected chi connectivity index (χ2v) is 10.2. The van der Waals surface area contributed by atoms with Gasteiger partial charge < -0.3 is 4.90 Å². The van der Waals surface area contributed by atoms with Gasteiger partial charge in [-0.1, -0.05) is 36.4 Å². The summed E-state index contributed by atoms with van der Waals surface area (Å²) in [4.78, 5) is 2.19. The first-order valence-corrected chi connectivity index (χ1v) is 11.9. The number of rotatable bonds is 7. The van der Waals surface area contributed by atoms with Crippen LogP contribution in [0.5, 0.6) is 0 Å². The lowest BCUT2D eigenvalue weighted by Gasteiger charge is -2.17. The highest BCUT2D eigenvalue weighted by atomic mass is 32.2. The molecule has 3 aromatic carbocycles. The summed E-state index contributed by atoms with van der Waals surface area (Å²) in [5.41, 5.74) is 1.74. The Morgan fingerprint density at radius 3 is 2.10 bits per heavy atom. The van der Waals surface area contributed by atoms with Crippen LogP contribution in [0.25, 0.3) is 10.8 Å². The lowest BCUT2D eigenvalue weighted by Crippen LogP contribution is -2.26. The summed E-state index contributed by atoms with van der Waals surface area (Å²) < 4.78 is 51.0. The molecule has 0 atom stereocenters. The van der Waals surface area contributed by atoms with E-state index in [0.717, 1.165) is 16.6 Å². The molecule has 3 N–H and O–H groups in total. The van der Waals surface area contributed by atoms with Crippen LogP contribution in [0.2, 0.25) is 0 Å². The highest BCUT2D eigenvalue weighted by Gasteiger charge is 2.18. The lowest BCUT2D eigenvalue weighted by atomic mass is 10.1. The molecule has 0 heterocycles. The van der Waals surface area contributed by atoms with Gasteiger partial charge >= 0.3 is 0 Å². The largest absolute Gasteiger partial charge is 0.377 e. The van der Waals surface area contributed by atoms with E-state index in [4.69, 9.17) is 5.14 Å². The van der Waals surface area contributed by atoms with Crippen LogP contribution in [0.4, 0.5) is 5.69 Å². The van der Waals surface area contributed by atoms with Crippen LogP contribution >= 0.6 is 0 Å². The van der Waals surface area contributed by atoms with Crippen molar-refractivity contribution in [3.8, 4) is 0 Å². The van der Waals surface area contributed by atoms with Gasteiger partial charge in [0.2, 0.25) is 20.0 Å². The molecular weight excluding hydrogens is 410 g/mol. The van der Waals surface area contributed by atoms with Crippen molar-refractivity contribution in [1.29, 1.82) is 0 Å². The van der Waals surface area contributed by atoms with Crippen LogP contribution in [0, 0.1) is 0 Å². The Balaban J connectivity index is 1.79. The number of nitrogens with zero attached hydrogens (tertiary/aromatic N) is 1. The van der Waals surface area contributed by atoms with E-state index in [2.05, 4.69) is 4.72 Å². The summed E-state index contributed by atoms with van der Waals surface area (Å²) in [6, 6.07) is 16.9. The van der Waals surface area contributed by atoms with Gasteiger partial charge in [0.25, 0.3) is 0 Å². The lowest BCUT2D eigenvalue weighted by molar-refractivity contribution is 0.582. The number of nitrogens with one attached hydrogen (secondary N) is 1. The van der Waals surface area contributed by atoms with Crippen molar-refractivity contribution < 1.29 is 16.8 Å². The minimum Gasteiger partial charge on any atom is -0.377 e. The molecule has 0 bridgehead atoms. The number of hydrogen-bond acceptors (Lipinski definition) is 5. The standard InChI is InChI=1S/C20H23N3O4S2/c1-23(2)19-7-3-6-18-17(19)5-4-8-20(18)29(26,27)22-14-13-15-9-11-16(12-10-15)28(21,24)25/h3-12,22H,13-14H2,1-2H3,(H2,21,24,25). The summed E-state index contributed by atoms with van der Waals surface area (Å²) in [7, 11) is -3.64. The predicted molar refractivity (Wildman–Crippen MR) is 115 cm³/mol. The normalized spacial score (nSPS) is 12.2. The summed E-state index contributed by atoms with van der Waals surface area (Å²) in [6.07, 6.45) is 0.415.